The zero-order valence-corrected chi connectivity index (χ0v) is 15.3. The fraction of sp³-hybridized carbons (Fsp3) is 0.300. The van der Waals surface area contributed by atoms with Crippen molar-refractivity contribution in [2.75, 3.05) is 17.7 Å². The highest BCUT2D eigenvalue weighted by molar-refractivity contribution is 5.98. The van der Waals surface area contributed by atoms with E-state index in [1.807, 2.05) is 0 Å². The van der Waals surface area contributed by atoms with Crippen LogP contribution in [0.2, 0.25) is 0 Å². The SMILES string of the molecule is CCC(=O)Nc1cc2c(cc1OC)NC(=O)CC2c1ccccc1C(F)(F)F. The number of benzene rings is 2. The van der Waals surface area contributed by atoms with Crippen LogP contribution in [0.25, 0.3) is 0 Å². The maximum atomic E-state index is 13.5. The Kier molecular flexibility index (Phi) is 5.31. The maximum Gasteiger partial charge on any atom is 0.416 e. The summed E-state index contributed by atoms with van der Waals surface area (Å²) >= 11 is 0. The molecule has 1 aliphatic rings. The summed E-state index contributed by atoms with van der Waals surface area (Å²) in [5.74, 6) is -1.14. The van der Waals surface area contributed by atoms with E-state index in [9.17, 15) is 22.8 Å². The largest absolute Gasteiger partial charge is 0.494 e. The van der Waals surface area contributed by atoms with Crippen molar-refractivity contribution in [2.24, 2.45) is 0 Å². The average molecular weight is 392 g/mol. The number of ether oxygens (including phenoxy) is 1. The molecule has 1 aliphatic heterocycles. The van der Waals surface area contributed by atoms with Crippen molar-refractivity contribution in [2.45, 2.75) is 31.9 Å². The van der Waals surface area contributed by atoms with Gasteiger partial charge in [0.1, 0.15) is 5.75 Å². The zero-order chi connectivity index (χ0) is 20.5. The van der Waals surface area contributed by atoms with Crippen LogP contribution in [0, 0.1) is 0 Å². The van der Waals surface area contributed by atoms with E-state index < -0.39 is 17.7 Å². The van der Waals surface area contributed by atoms with Crippen LogP contribution >= 0.6 is 0 Å². The van der Waals surface area contributed by atoms with Crippen molar-refractivity contribution in [1.82, 2.24) is 0 Å². The fourth-order valence-corrected chi connectivity index (χ4v) is 3.33. The molecule has 5 nitrogen and oxygen atoms in total. The van der Waals surface area contributed by atoms with E-state index >= 15 is 0 Å². The van der Waals surface area contributed by atoms with Crippen LogP contribution in [0.15, 0.2) is 36.4 Å². The summed E-state index contributed by atoms with van der Waals surface area (Å²) in [6.07, 6.45) is -4.44. The first kappa shape index (κ1) is 19.7. The van der Waals surface area contributed by atoms with Gasteiger partial charge in [0.2, 0.25) is 11.8 Å². The molecular weight excluding hydrogens is 373 g/mol. The van der Waals surface area contributed by atoms with Gasteiger partial charge in [-0.2, -0.15) is 13.2 Å². The van der Waals surface area contributed by atoms with Gasteiger partial charge in [-0.25, -0.2) is 0 Å². The molecule has 1 heterocycles. The summed E-state index contributed by atoms with van der Waals surface area (Å²) in [7, 11) is 1.41. The molecule has 28 heavy (non-hydrogen) atoms. The Labute approximate surface area is 159 Å². The van der Waals surface area contributed by atoms with E-state index in [1.165, 1.54) is 31.4 Å². The highest BCUT2D eigenvalue weighted by Crippen LogP contribution is 2.45. The van der Waals surface area contributed by atoms with Crippen molar-refractivity contribution in [1.29, 1.82) is 0 Å². The van der Waals surface area contributed by atoms with Crippen molar-refractivity contribution in [3.05, 3.63) is 53.1 Å². The topological polar surface area (TPSA) is 67.4 Å². The number of nitrogens with one attached hydrogen (secondary N) is 2. The minimum atomic E-state index is -4.55. The second kappa shape index (κ2) is 7.53. The van der Waals surface area contributed by atoms with Crippen LogP contribution < -0.4 is 15.4 Å². The summed E-state index contributed by atoms with van der Waals surface area (Å²) in [6, 6.07) is 8.30. The van der Waals surface area contributed by atoms with Gasteiger partial charge in [-0.1, -0.05) is 25.1 Å². The van der Waals surface area contributed by atoms with Crippen LogP contribution in [-0.4, -0.2) is 18.9 Å². The number of alkyl halides is 3. The molecule has 2 amide bonds. The van der Waals surface area contributed by atoms with E-state index in [0.717, 1.165) is 6.07 Å². The van der Waals surface area contributed by atoms with E-state index in [1.54, 1.807) is 13.0 Å². The summed E-state index contributed by atoms with van der Waals surface area (Å²) in [5.41, 5.74) is 0.437. The Hall–Kier alpha value is -3.03. The lowest BCUT2D eigenvalue weighted by atomic mass is 9.82. The van der Waals surface area contributed by atoms with Crippen molar-refractivity contribution in [3.8, 4) is 5.75 Å². The van der Waals surface area contributed by atoms with E-state index in [2.05, 4.69) is 10.6 Å². The molecule has 0 bridgehead atoms. The molecule has 0 saturated heterocycles. The molecule has 2 N–H and O–H groups in total. The number of methoxy groups -OCH3 is 1. The van der Waals surface area contributed by atoms with Gasteiger partial charge in [-0.05, 0) is 23.3 Å². The summed E-state index contributed by atoms with van der Waals surface area (Å²) in [6.45, 7) is 1.68. The highest BCUT2D eigenvalue weighted by Gasteiger charge is 2.38. The zero-order valence-electron chi connectivity index (χ0n) is 15.3. The highest BCUT2D eigenvalue weighted by atomic mass is 19.4. The molecule has 148 valence electrons. The number of fused-ring (bicyclic) bond motifs is 1. The molecule has 2 aromatic carbocycles. The van der Waals surface area contributed by atoms with E-state index in [0.29, 0.717) is 22.7 Å². The van der Waals surface area contributed by atoms with E-state index in [-0.39, 0.29) is 30.2 Å². The Morgan fingerprint density at radius 2 is 1.96 bits per heavy atom. The first-order valence-electron chi connectivity index (χ1n) is 8.72. The van der Waals surface area contributed by atoms with Gasteiger partial charge in [0.05, 0.1) is 18.4 Å². The molecular formula is C20H19F3N2O3. The molecule has 0 radical (unpaired) electrons. The van der Waals surface area contributed by atoms with Crippen molar-refractivity contribution < 1.29 is 27.5 Å². The van der Waals surface area contributed by atoms with Crippen LogP contribution in [0.3, 0.4) is 0 Å². The second-order valence-electron chi connectivity index (χ2n) is 6.43. The smallest absolute Gasteiger partial charge is 0.416 e. The number of carbonyl (C=O) groups excluding carboxylic acids is 2. The first-order chi connectivity index (χ1) is 13.2. The number of hydrogen-bond donors (Lipinski definition) is 2. The predicted octanol–water partition coefficient (Wildman–Crippen LogP) is 4.54. The van der Waals surface area contributed by atoms with E-state index in [4.69, 9.17) is 4.74 Å². The minimum absolute atomic E-state index is 0.0176. The van der Waals surface area contributed by atoms with Gasteiger partial charge < -0.3 is 15.4 Å². The molecule has 0 fully saturated rings. The standard InChI is InChI=1S/C20H19F3N2O3/c1-3-18(26)25-16-8-13-12(9-19(27)24-15(13)10-17(16)28-2)11-6-4-5-7-14(11)20(21,22)23/h4-8,10,12H,3,9H2,1-2H3,(H,24,27)(H,25,26). The number of rotatable bonds is 4. The molecule has 1 atom stereocenters. The molecule has 2 aromatic rings. The Bertz CT molecular complexity index is 925. The average Bonchev–Trinajstić information content (AvgIpc) is 2.66. The van der Waals surface area contributed by atoms with Gasteiger partial charge in [0, 0.05) is 30.5 Å². The molecule has 3 rings (SSSR count). The third-order valence-corrected chi connectivity index (χ3v) is 4.65. The van der Waals surface area contributed by atoms with Gasteiger partial charge in [-0.15, -0.1) is 0 Å². The lowest BCUT2D eigenvalue weighted by molar-refractivity contribution is -0.138. The first-order valence-corrected chi connectivity index (χ1v) is 8.72. The molecule has 8 heteroatoms. The van der Waals surface area contributed by atoms with Crippen LogP contribution in [0.4, 0.5) is 24.5 Å². The van der Waals surface area contributed by atoms with Gasteiger partial charge in [-0.3, -0.25) is 9.59 Å². The normalized spacial score (nSPS) is 16.2. The molecule has 0 aliphatic carbocycles. The molecule has 0 aromatic heterocycles. The number of anilines is 2. The lowest BCUT2D eigenvalue weighted by Crippen LogP contribution is -2.25. The number of carbonyl (C=O) groups is 2. The molecule has 0 saturated carbocycles. The van der Waals surface area contributed by atoms with Crippen molar-refractivity contribution in [3.63, 3.8) is 0 Å². The molecule has 0 spiro atoms. The second-order valence-corrected chi connectivity index (χ2v) is 6.43. The van der Waals surface area contributed by atoms with Gasteiger partial charge in [0.25, 0.3) is 0 Å². The Balaban J connectivity index is 2.17. The predicted molar refractivity (Wildman–Crippen MR) is 98.4 cm³/mol. The minimum Gasteiger partial charge on any atom is -0.494 e. The third kappa shape index (κ3) is 3.81. The third-order valence-electron chi connectivity index (χ3n) is 4.65. The van der Waals surface area contributed by atoms with Crippen LogP contribution in [0.5, 0.6) is 5.75 Å². The monoisotopic (exact) mass is 392 g/mol. The maximum absolute atomic E-state index is 13.5. The fourth-order valence-electron chi connectivity index (χ4n) is 3.33. The number of halogens is 3. The van der Waals surface area contributed by atoms with Crippen LogP contribution in [0.1, 0.15) is 42.4 Å². The Morgan fingerprint density at radius 1 is 1.25 bits per heavy atom. The summed E-state index contributed by atoms with van der Waals surface area (Å²) < 4.78 is 45.8. The summed E-state index contributed by atoms with van der Waals surface area (Å²) in [4.78, 5) is 24.0. The molecule has 1 unspecified atom stereocenters. The van der Waals surface area contributed by atoms with Gasteiger partial charge in [0.15, 0.2) is 0 Å². The van der Waals surface area contributed by atoms with Gasteiger partial charge >= 0.3 is 6.18 Å². The quantitative estimate of drug-likeness (QED) is 0.803. The van der Waals surface area contributed by atoms with Crippen molar-refractivity contribution >= 4 is 23.2 Å². The summed E-state index contributed by atoms with van der Waals surface area (Å²) in [5, 5.41) is 5.36. The van der Waals surface area contributed by atoms with Crippen LogP contribution in [-0.2, 0) is 15.8 Å². The lowest BCUT2D eigenvalue weighted by Gasteiger charge is -2.29. The number of hydrogen-bond acceptors (Lipinski definition) is 3. The number of amides is 2. The Morgan fingerprint density at radius 3 is 2.61 bits per heavy atom.